The van der Waals surface area contributed by atoms with Gasteiger partial charge in [-0.1, -0.05) is 30.0 Å². The molecule has 0 spiro atoms. The Morgan fingerprint density at radius 1 is 1.41 bits per heavy atom. The molecule has 2 rings (SSSR count). The van der Waals surface area contributed by atoms with Crippen molar-refractivity contribution in [2.75, 3.05) is 11.1 Å². The van der Waals surface area contributed by atoms with Gasteiger partial charge in [0.15, 0.2) is 5.16 Å². The number of nitrogens with one attached hydrogen (secondary N) is 1. The molecule has 0 aliphatic rings. The van der Waals surface area contributed by atoms with Crippen LogP contribution in [0.5, 0.6) is 0 Å². The maximum absolute atomic E-state index is 11.6. The average molecular weight is 248 g/mol. The smallest absolute Gasteiger partial charge is 0.234 e. The minimum atomic E-state index is -0.0517. The lowest BCUT2D eigenvalue weighted by Gasteiger charge is -2.04. The summed E-state index contributed by atoms with van der Waals surface area (Å²) in [6, 6.07) is 9.37. The van der Waals surface area contributed by atoms with E-state index in [1.165, 1.54) is 18.1 Å². The largest absolute Gasteiger partial charge is 0.325 e. The first-order valence-corrected chi connectivity index (χ1v) is 6.06. The number of carbonyl (C=O) groups is 1. The van der Waals surface area contributed by atoms with Gasteiger partial charge >= 0.3 is 0 Å². The highest BCUT2D eigenvalue weighted by Crippen LogP contribution is 2.13. The summed E-state index contributed by atoms with van der Waals surface area (Å²) in [5.74, 6) is 0.269. The number of nitrogens with zero attached hydrogens (tertiary/aromatic N) is 3. The van der Waals surface area contributed by atoms with Gasteiger partial charge in [-0.25, -0.2) is 9.67 Å². The van der Waals surface area contributed by atoms with Crippen molar-refractivity contribution in [2.24, 2.45) is 7.05 Å². The molecular formula is C11H12N4OS. The fourth-order valence-corrected chi connectivity index (χ4v) is 1.95. The summed E-state index contributed by atoms with van der Waals surface area (Å²) in [6.45, 7) is 0. The standard InChI is InChI=1S/C11H12N4OS/c1-15-11(12-8-13-15)17-7-10(16)14-9-5-3-2-4-6-9/h2-6,8H,7H2,1H3,(H,14,16). The van der Waals surface area contributed by atoms with E-state index in [0.717, 1.165) is 10.8 Å². The Morgan fingerprint density at radius 2 is 2.18 bits per heavy atom. The van der Waals surface area contributed by atoms with Gasteiger partial charge < -0.3 is 5.32 Å². The van der Waals surface area contributed by atoms with Crippen molar-refractivity contribution in [3.8, 4) is 0 Å². The number of thioether (sulfide) groups is 1. The second-order valence-electron chi connectivity index (χ2n) is 3.37. The van der Waals surface area contributed by atoms with Crippen molar-refractivity contribution in [1.29, 1.82) is 0 Å². The number of rotatable bonds is 4. The van der Waals surface area contributed by atoms with Gasteiger partial charge in [-0.15, -0.1) is 0 Å². The molecule has 0 saturated carbocycles. The highest BCUT2D eigenvalue weighted by molar-refractivity contribution is 7.99. The van der Waals surface area contributed by atoms with E-state index >= 15 is 0 Å². The molecule has 1 aromatic heterocycles. The van der Waals surface area contributed by atoms with Crippen LogP contribution in [-0.2, 0) is 11.8 Å². The number of amides is 1. The average Bonchev–Trinajstić information content (AvgIpc) is 2.74. The van der Waals surface area contributed by atoms with Crippen LogP contribution in [0, 0.1) is 0 Å². The van der Waals surface area contributed by atoms with Gasteiger partial charge in [0.1, 0.15) is 6.33 Å². The molecule has 0 radical (unpaired) electrons. The summed E-state index contributed by atoms with van der Waals surface area (Å²) in [5, 5.41) is 7.47. The van der Waals surface area contributed by atoms with Crippen molar-refractivity contribution < 1.29 is 4.79 Å². The number of anilines is 1. The molecule has 88 valence electrons. The molecule has 0 saturated heterocycles. The normalized spacial score (nSPS) is 10.2. The first kappa shape index (κ1) is 11.7. The lowest BCUT2D eigenvalue weighted by atomic mass is 10.3. The predicted octanol–water partition coefficient (Wildman–Crippen LogP) is 1.55. The molecule has 1 heterocycles. The van der Waals surface area contributed by atoms with Crippen molar-refractivity contribution in [3.63, 3.8) is 0 Å². The highest BCUT2D eigenvalue weighted by atomic mass is 32.2. The quantitative estimate of drug-likeness (QED) is 0.834. The van der Waals surface area contributed by atoms with Gasteiger partial charge in [0.05, 0.1) is 5.75 Å². The van der Waals surface area contributed by atoms with E-state index in [9.17, 15) is 4.79 Å². The van der Waals surface area contributed by atoms with E-state index in [1.807, 2.05) is 30.3 Å². The number of hydrogen-bond donors (Lipinski definition) is 1. The van der Waals surface area contributed by atoms with Crippen molar-refractivity contribution in [3.05, 3.63) is 36.7 Å². The highest BCUT2D eigenvalue weighted by Gasteiger charge is 2.06. The van der Waals surface area contributed by atoms with E-state index in [1.54, 1.807) is 11.7 Å². The third kappa shape index (κ3) is 3.32. The third-order valence-electron chi connectivity index (χ3n) is 2.06. The maximum atomic E-state index is 11.6. The summed E-state index contributed by atoms with van der Waals surface area (Å²) in [7, 11) is 1.80. The summed E-state index contributed by atoms with van der Waals surface area (Å²) in [4.78, 5) is 15.7. The topological polar surface area (TPSA) is 59.8 Å². The fraction of sp³-hybridized carbons (Fsp3) is 0.182. The number of carbonyl (C=O) groups excluding carboxylic acids is 1. The van der Waals surface area contributed by atoms with E-state index in [4.69, 9.17) is 0 Å². The second-order valence-corrected chi connectivity index (χ2v) is 4.31. The summed E-state index contributed by atoms with van der Waals surface area (Å²) >= 11 is 1.36. The van der Waals surface area contributed by atoms with Crippen LogP contribution >= 0.6 is 11.8 Å². The van der Waals surface area contributed by atoms with Crippen LogP contribution in [0.15, 0.2) is 41.8 Å². The molecule has 1 amide bonds. The van der Waals surface area contributed by atoms with Crippen LogP contribution in [0.1, 0.15) is 0 Å². The molecule has 17 heavy (non-hydrogen) atoms. The van der Waals surface area contributed by atoms with Crippen LogP contribution in [0.25, 0.3) is 0 Å². The molecule has 0 aliphatic carbocycles. The molecule has 1 aromatic carbocycles. The first-order chi connectivity index (χ1) is 8.25. The van der Waals surface area contributed by atoms with Crippen molar-refractivity contribution in [2.45, 2.75) is 5.16 Å². The van der Waals surface area contributed by atoms with Gasteiger partial charge in [0.2, 0.25) is 5.91 Å². The van der Waals surface area contributed by atoms with Gasteiger partial charge in [-0.05, 0) is 12.1 Å². The van der Waals surface area contributed by atoms with E-state index in [-0.39, 0.29) is 5.91 Å². The molecular weight excluding hydrogens is 236 g/mol. The Hall–Kier alpha value is -1.82. The Labute approximate surface area is 103 Å². The Morgan fingerprint density at radius 3 is 2.82 bits per heavy atom. The molecule has 2 aromatic rings. The minimum Gasteiger partial charge on any atom is -0.325 e. The van der Waals surface area contributed by atoms with E-state index < -0.39 is 0 Å². The van der Waals surface area contributed by atoms with Crippen LogP contribution in [0.4, 0.5) is 5.69 Å². The van der Waals surface area contributed by atoms with Gasteiger partial charge in [0, 0.05) is 12.7 Å². The Bertz CT molecular complexity index is 497. The van der Waals surface area contributed by atoms with Crippen LogP contribution in [-0.4, -0.2) is 26.4 Å². The molecule has 0 bridgehead atoms. The minimum absolute atomic E-state index is 0.0517. The molecule has 0 atom stereocenters. The van der Waals surface area contributed by atoms with Crippen molar-refractivity contribution >= 4 is 23.4 Å². The zero-order valence-corrected chi connectivity index (χ0v) is 10.1. The molecule has 1 N–H and O–H groups in total. The van der Waals surface area contributed by atoms with Gasteiger partial charge in [-0.2, -0.15) is 5.10 Å². The van der Waals surface area contributed by atoms with Crippen LogP contribution in [0.2, 0.25) is 0 Å². The zero-order chi connectivity index (χ0) is 12.1. The summed E-state index contributed by atoms with van der Waals surface area (Å²) < 4.78 is 1.64. The molecule has 0 fully saturated rings. The fourth-order valence-electron chi connectivity index (χ4n) is 1.26. The predicted molar refractivity (Wildman–Crippen MR) is 66.8 cm³/mol. The molecule has 0 aliphatic heterocycles. The van der Waals surface area contributed by atoms with E-state index in [2.05, 4.69) is 15.4 Å². The van der Waals surface area contributed by atoms with Crippen LogP contribution < -0.4 is 5.32 Å². The molecule has 5 nitrogen and oxygen atoms in total. The summed E-state index contributed by atoms with van der Waals surface area (Å²) in [5.41, 5.74) is 0.802. The Balaban J connectivity index is 1.84. The number of benzene rings is 1. The monoisotopic (exact) mass is 248 g/mol. The molecule has 0 unspecified atom stereocenters. The maximum Gasteiger partial charge on any atom is 0.234 e. The number of aromatic nitrogens is 3. The first-order valence-electron chi connectivity index (χ1n) is 5.07. The lowest BCUT2D eigenvalue weighted by molar-refractivity contribution is -0.113. The van der Waals surface area contributed by atoms with Crippen molar-refractivity contribution in [1.82, 2.24) is 14.8 Å². The number of para-hydroxylation sites is 1. The SMILES string of the molecule is Cn1ncnc1SCC(=O)Nc1ccccc1. The zero-order valence-electron chi connectivity index (χ0n) is 9.33. The number of hydrogen-bond acceptors (Lipinski definition) is 4. The van der Waals surface area contributed by atoms with Gasteiger partial charge in [0.25, 0.3) is 0 Å². The van der Waals surface area contributed by atoms with Gasteiger partial charge in [-0.3, -0.25) is 4.79 Å². The summed E-state index contributed by atoms with van der Waals surface area (Å²) in [6.07, 6.45) is 1.47. The number of aryl methyl sites for hydroxylation is 1. The lowest BCUT2D eigenvalue weighted by Crippen LogP contribution is -2.14. The van der Waals surface area contributed by atoms with Crippen LogP contribution in [0.3, 0.4) is 0 Å². The second kappa shape index (κ2) is 5.49. The molecule has 6 heteroatoms. The Kier molecular flexibility index (Phi) is 3.77. The van der Waals surface area contributed by atoms with E-state index in [0.29, 0.717) is 5.75 Å². The third-order valence-corrected chi connectivity index (χ3v) is 3.09.